The third-order valence-electron chi connectivity index (χ3n) is 6.16. The zero-order valence-electron chi connectivity index (χ0n) is 19.9. The number of imidazole rings is 1. The minimum atomic E-state index is -4.51. The van der Waals surface area contributed by atoms with Crippen molar-refractivity contribution >= 4 is 33.8 Å². The predicted octanol–water partition coefficient (Wildman–Crippen LogP) is 4.29. The van der Waals surface area contributed by atoms with Crippen LogP contribution in [0.2, 0.25) is 0 Å². The molecule has 9 nitrogen and oxygen atoms in total. The molecular formula is C24H25F3N4O5S. The maximum Gasteiger partial charge on any atom is 0.422 e. The van der Waals surface area contributed by atoms with Crippen molar-refractivity contribution in [1.82, 2.24) is 19.4 Å². The van der Waals surface area contributed by atoms with Crippen molar-refractivity contribution in [3.63, 3.8) is 0 Å². The molecule has 198 valence electrons. The highest BCUT2D eigenvalue weighted by atomic mass is 32.2. The van der Waals surface area contributed by atoms with Gasteiger partial charge in [0.05, 0.1) is 33.3 Å². The minimum absolute atomic E-state index is 0.0158. The van der Waals surface area contributed by atoms with E-state index in [9.17, 15) is 27.0 Å². The molecule has 2 atom stereocenters. The van der Waals surface area contributed by atoms with Gasteiger partial charge in [-0.05, 0) is 44.4 Å². The molecule has 0 spiro atoms. The van der Waals surface area contributed by atoms with Crippen molar-refractivity contribution in [2.24, 2.45) is 0 Å². The molecule has 0 aliphatic carbocycles. The van der Waals surface area contributed by atoms with E-state index in [1.54, 1.807) is 29.2 Å². The number of para-hydroxylation sites is 2. The number of halogens is 3. The van der Waals surface area contributed by atoms with E-state index in [-0.39, 0.29) is 34.8 Å². The molecule has 0 bridgehead atoms. The topological polar surface area (TPSA) is 115 Å². The maximum absolute atomic E-state index is 13.7. The average molecular weight is 539 g/mol. The fraction of sp³-hybridized carbons (Fsp3) is 0.417. The molecule has 1 amide bonds. The van der Waals surface area contributed by atoms with E-state index >= 15 is 0 Å². The molecule has 1 fully saturated rings. The second-order valence-corrected chi connectivity index (χ2v) is 10.0. The lowest BCUT2D eigenvalue weighted by molar-refractivity contribution is -0.153. The van der Waals surface area contributed by atoms with Crippen molar-refractivity contribution in [3.05, 3.63) is 47.8 Å². The van der Waals surface area contributed by atoms with Crippen molar-refractivity contribution in [2.75, 3.05) is 13.2 Å². The van der Waals surface area contributed by atoms with Crippen LogP contribution in [-0.4, -0.2) is 66.1 Å². The SMILES string of the molecule is Cc1c(OCC(F)(F)F)ccnc1CS(=O)c1nc2ccccc2n1C(=O)N1CCC[C@H]1CCC(=O)O. The van der Waals surface area contributed by atoms with Gasteiger partial charge in [-0.15, -0.1) is 0 Å². The number of aromatic nitrogens is 3. The third kappa shape index (κ3) is 6.09. The minimum Gasteiger partial charge on any atom is -0.484 e. The number of fused-ring (bicyclic) bond motifs is 1. The summed E-state index contributed by atoms with van der Waals surface area (Å²) >= 11 is 0. The number of pyridine rings is 1. The number of ether oxygens (including phenoxy) is 1. The van der Waals surface area contributed by atoms with Gasteiger partial charge in [0, 0.05) is 30.8 Å². The summed E-state index contributed by atoms with van der Waals surface area (Å²) in [7, 11) is -1.89. The monoisotopic (exact) mass is 538 g/mol. The summed E-state index contributed by atoms with van der Waals surface area (Å²) in [6.45, 7) is 0.487. The fourth-order valence-corrected chi connectivity index (χ4v) is 5.61. The van der Waals surface area contributed by atoms with Gasteiger partial charge in [-0.1, -0.05) is 12.1 Å². The first-order chi connectivity index (χ1) is 17.5. The number of alkyl halides is 3. The Morgan fingerprint density at radius 2 is 2.00 bits per heavy atom. The zero-order chi connectivity index (χ0) is 26.7. The Bertz CT molecular complexity index is 1340. The van der Waals surface area contributed by atoms with Gasteiger partial charge in [0.15, 0.2) is 6.61 Å². The van der Waals surface area contributed by atoms with Crippen LogP contribution in [0.4, 0.5) is 18.0 Å². The van der Waals surface area contributed by atoms with Gasteiger partial charge in [0.1, 0.15) is 5.75 Å². The lowest BCUT2D eigenvalue weighted by atomic mass is 10.1. The number of benzene rings is 1. The van der Waals surface area contributed by atoms with E-state index in [1.807, 2.05) is 0 Å². The second kappa shape index (κ2) is 10.9. The normalized spacial score (nSPS) is 16.8. The molecule has 2 aromatic heterocycles. The Morgan fingerprint density at radius 3 is 2.73 bits per heavy atom. The van der Waals surface area contributed by atoms with Crippen LogP contribution in [0.25, 0.3) is 11.0 Å². The highest BCUT2D eigenvalue weighted by Gasteiger charge is 2.33. The number of nitrogens with zero attached hydrogens (tertiary/aromatic N) is 4. The van der Waals surface area contributed by atoms with Crippen LogP contribution in [0, 0.1) is 6.92 Å². The molecule has 1 aliphatic rings. The summed E-state index contributed by atoms with van der Waals surface area (Å²) in [5, 5.41) is 9.05. The number of hydrogen-bond acceptors (Lipinski definition) is 6. The fourth-order valence-electron chi connectivity index (χ4n) is 4.36. The van der Waals surface area contributed by atoms with Gasteiger partial charge in [-0.2, -0.15) is 13.2 Å². The largest absolute Gasteiger partial charge is 0.484 e. The lowest BCUT2D eigenvalue weighted by Crippen LogP contribution is -2.39. The highest BCUT2D eigenvalue weighted by Crippen LogP contribution is 2.28. The molecule has 0 saturated carbocycles. The molecule has 1 unspecified atom stereocenters. The number of likely N-dealkylation sites (tertiary alicyclic amines) is 1. The van der Waals surface area contributed by atoms with E-state index in [0.717, 1.165) is 6.42 Å². The van der Waals surface area contributed by atoms with Crippen molar-refractivity contribution in [1.29, 1.82) is 0 Å². The Kier molecular flexibility index (Phi) is 7.81. The van der Waals surface area contributed by atoms with Gasteiger partial charge < -0.3 is 14.7 Å². The summed E-state index contributed by atoms with van der Waals surface area (Å²) in [5.41, 5.74) is 1.46. The third-order valence-corrected chi connectivity index (χ3v) is 7.37. The predicted molar refractivity (Wildman–Crippen MR) is 128 cm³/mol. The summed E-state index contributed by atoms with van der Waals surface area (Å²) in [5.74, 6) is -1.17. The number of amides is 1. The molecule has 4 rings (SSSR count). The summed E-state index contributed by atoms with van der Waals surface area (Å²) < 4.78 is 57.5. The van der Waals surface area contributed by atoms with Crippen LogP contribution in [0.1, 0.15) is 36.9 Å². The Hall–Kier alpha value is -3.48. The quantitative estimate of drug-likeness (QED) is 0.455. The molecule has 1 N–H and O–H groups in total. The maximum atomic E-state index is 13.7. The number of hydrogen-bond donors (Lipinski definition) is 1. The Labute approximate surface area is 212 Å². The van der Waals surface area contributed by atoms with E-state index < -0.39 is 35.6 Å². The van der Waals surface area contributed by atoms with Crippen LogP contribution in [0.3, 0.4) is 0 Å². The van der Waals surface area contributed by atoms with Crippen LogP contribution in [-0.2, 0) is 21.3 Å². The molecule has 0 radical (unpaired) electrons. The van der Waals surface area contributed by atoms with Crippen LogP contribution >= 0.6 is 0 Å². The summed E-state index contributed by atoms with van der Waals surface area (Å²) in [6, 6.07) is 7.40. The first kappa shape index (κ1) is 26.6. The van der Waals surface area contributed by atoms with E-state index in [1.165, 1.54) is 23.8 Å². The smallest absolute Gasteiger partial charge is 0.422 e. The van der Waals surface area contributed by atoms with E-state index in [2.05, 4.69) is 9.97 Å². The summed E-state index contributed by atoms with van der Waals surface area (Å²) in [4.78, 5) is 34.9. The number of rotatable bonds is 8. The highest BCUT2D eigenvalue weighted by molar-refractivity contribution is 7.84. The number of carboxylic acids is 1. The first-order valence-electron chi connectivity index (χ1n) is 11.6. The lowest BCUT2D eigenvalue weighted by Gasteiger charge is -2.25. The summed E-state index contributed by atoms with van der Waals surface area (Å²) in [6.07, 6.45) is -1.62. The molecule has 3 aromatic rings. The van der Waals surface area contributed by atoms with E-state index in [4.69, 9.17) is 9.84 Å². The van der Waals surface area contributed by atoms with Crippen LogP contribution < -0.4 is 4.74 Å². The Morgan fingerprint density at radius 1 is 1.24 bits per heavy atom. The number of aliphatic carboxylic acids is 1. The standard InChI is InChI=1S/C24H25F3N4O5S/c1-15-18(28-11-10-20(15)36-14-24(25,26)27)13-37(35)22-29-17-6-2-3-7-19(17)31(22)23(34)30-12-4-5-16(30)8-9-21(32)33/h2-3,6-7,10-11,16H,4-5,8-9,12-14H2,1H3,(H,32,33)/t16-,37?/m0/s1. The molecule has 1 aliphatic heterocycles. The first-order valence-corrected chi connectivity index (χ1v) is 12.9. The van der Waals surface area contributed by atoms with Gasteiger partial charge >= 0.3 is 18.2 Å². The van der Waals surface area contributed by atoms with Gasteiger partial charge in [0.25, 0.3) is 0 Å². The average Bonchev–Trinajstić information content (AvgIpc) is 3.47. The molecule has 37 heavy (non-hydrogen) atoms. The number of carboxylic acid groups (broad SMARTS) is 1. The molecular weight excluding hydrogens is 513 g/mol. The van der Waals surface area contributed by atoms with Gasteiger partial charge in [0.2, 0.25) is 5.16 Å². The molecule has 1 aromatic carbocycles. The number of carbonyl (C=O) groups is 2. The Balaban J connectivity index is 1.64. The number of carbonyl (C=O) groups excluding carboxylic acids is 1. The van der Waals surface area contributed by atoms with E-state index in [0.29, 0.717) is 36.0 Å². The zero-order valence-corrected chi connectivity index (χ0v) is 20.7. The molecule has 13 heteroatoms. The van der Waals surface area contributed by atoms with Gasteiger partial charge in [-0.25, -0.2) is 14.3 Å². The second-order valence-electron chi connectivity index (χ2n) is 8.70. The van der Waals surface area contributed by atoms with Gasteiger partial charge in [-0.3, -0.25) is 14.0 Å². The van der Waals surface area contributed by atoms with Crippen molar-refractivity contribution in [3.8, 4) is 5.75 Å². The van der Waals surface area contributed by atoms with Crippen LogP contribution in [0.15, 0.2) is 41.7 Å². The van der Waals surface area contributed by atoms with Crippen molar-refractivity contribution < 1.29 is 36.8 Å². The van der Waals surface area contributed by atoms with Crippen LogP contribution in [0.5, 0.6) is 5.75 Å². The van der Waals surface area contributed by atoms with Crippen molar-refractivity contribution in [2.45, 2.75) is 55.7 Å². The molecule has 3 heterocycles. The molecule has 1 saturated heterocycles.